The van der Waals surface area contributed by atoms with Crippen molar-refractivity contribution in [3.05, 3.63) is 11.8 Å². The van der Waals surface area contributed by atoms with E-state index in [1.807, 2.05) is 0 Å². The third-order valence-corrected chi connectivity index (χ3v) is 1.51. The minimum atomic E-state index is 0. The van der Waals surface area contributed by atoms with Crippen LogP contribution in [0.1, 0.15) is 47.5 Å². The standard InChI is InChI=1S/C10H20.Y/c1-8(2)6-10(5)7-9(3)4;/h10H,6-7H2,1-5H3;/q-2;. The Labute approximate surface area is 97.4 Å². The van der Waals surface area contributed by atoms with Crippen LogP contribution >= 0.6 is 0 Å². The molecule has 11 heavy (non-hydrogen) atoms. The van der Waals surface area contributed by atoms with E-state index in [1.54, 1.807) is 11.8 Å². The molecule has 0 nitrogen and oxygen atoms in total. The van der Waals surface area contributed by atoms with Crippen LogP contribution in [0.5, 0.6) is 0 Å². The van der Waals surface area contributed by atoms with Gasteiger partial charge in [0.25, 0.3) is 0 Å². The van der Waals surface area contributed by atoms with Crippen molar-refractivity contribution in [2.45, 2.75) is 47.5 Å². The Morgan fingerprint density at radius 1 is 0.909 bits per heavy atom. The van der Waals surface area contributed by atoms with Crippen molar-refractivity contribution in [1.82, 2.24) is 0 Å². The van der Waals surface area contributed by atoms with Gasteiger partial charge >= 0.3 is 0 Å². The predicted octanol–water partition coefficient (Wildman–Crippen LogP) is 3.63. The maximum atomic E-state index is 2.32. The zero-order valence-corrected chi connectivity index (χ0v) is 11.4. The molecule has 0 bridgehead atoms. The van der Waals surface area contributed by atoms with Gasteiger partial charge in [-0.1, -0.05) is 12.8 Å². The predicted molar refractivity (Wildman–Crippen MR) is 47.6 cm³/mol. The van der Waals surface area contributed by atoms with Gasteiger partial charge in [0, 0.05) is 32.7 Å². The third kappa shape index (κ3) is 11.1. The van der Waals surface area contributed by atoms with Crippen LogP contribution in [0.25, 0.3) is 0 Å². The van der Waals surface area contributed by atoms with E-state index in [1.165, 1.54) is 12.8 Å². The number of hydrogen-bond donors (Lipinski definition) is 0. The first-order valence-electron chi connectivity index (χ1n) is 4.10. The van der Waals surface area contributed by atoms with Crippen LogP contribution in [0.15, 0.2) is 0 Å². The fourth-order valence-corrected chi connectivity index (χ4v) is 1.47. The van der Waals surface area contributed by atoms with Crippen LogP contribution in [0.3, 0.4) is 0 Å². The summed E-state index contributed by atoms with van der Waals surface area (Å²) < 4.78 is 0. The summed E-state index contributed by atoms with van der Waals surface area (Å²) >= 11 is 0. The van der Waals surface area contributed by atoms with Gasteiger partial charge in [-0.2, -0.15) is 40.5 Å². The normalized spacial score (nSPS) is 10.9. The van der Waals surface area contributed by atoms with Crippen LogP contribution < -0.4 is 0 Å². The van der Waals surface area contributed by atoms with E-state index >= 15 is 0 Å². The third-order valence-electron chi connectivity index (χ3n) is 1.51. The van der Waals surface area contributed by atoms with Crippen molar-refractivity contribution in [3.8, 4) is 0 Å². The molecular weight excluding hydrogens is 209 g/mol. The van der Waals surface area contributed by atoms with E-state index in [-0.39, 0.29) is 32.7 Å². The van der Waals surface area contributed by atoms with Gasteiger partial charge in [0.15, 0.2) is 0 Å². The molecule has 0 unspecified atom stereocenters. The molecule has 1 radical (unpaired) electrons. The summed E-state index contributed by atoms with van der Waals surface area (Å²) in [7, 11) is 0. The molecule has 65 valence electrons. The first-order chi connectivity index (χ1) is 4.52. The average Bonchev–Trinajstić information content (AvgIpc) is 1.58. The van der Waals surface area contributed by atoms with E-state index in [2.05, 4.69) is 34.6 Å². The van der Waals surface area contributed by atoms with Crippen LogP contribution in [0.4, 0.5) is 0 Å². The van der Waals surface area contributed by atoms with Crippen molar-refractivity contribution in [3.63, 3.8) is 0 Å². The molecule has 1 heteroatoms. The van der Waals surface area contributed by atoms with Gasteiger partial charge in [-0.15, -0.1) is 0 Å². The van der Waals surface area contributed by atoms with Crippen molar-refractivity contribution >= 4 is 0 Å². The van der Waals surface area contributed by atoms with Gasteiger partial charge in [0.1, 0.15) is 0 Å². The second-order valence-electron chi connectivity index (χ2n) is 3.93. The number of hydrogen-bond acceptors (Lipinski definition) is 0. The molecule has 0 amide bonds. The summed E-state index contributed by atoms with van der Waals surface area (Å²) in [5.41, 5.74) is 0. The maximum absolute atomic E-state index is 2.32. The molecule has 0 saturated carbocycles. The Hall–Kier alpha value is 1.10. The summed E-state index contributed by atoms with van der Waals surface area (Å²) in [6, 6.07) is 0. The second-order valence-corrected chi connectivity index (χ2v) is 3.93. The van der Waals surface area contributed by atoms with E-state index in [9.17, 15) is 0 Å². The number of rotatable bonds is 4. The summed E-state index contributed by atoms with van der Waals surface area (Å²) in [6.45, 7) is 11.2. The van der Waals surface area contributed by atoms with Crippen LogP contribution in [0.2, 0.25) is 0 Å². The molecule has 0 aliphatic rings. The Balaban J connectivity index is 0. The fraction of sp³-hybridized carbons (Fsp3) is 0.800. The largest absolute Gasteiger partial charge is 0.320 e. The van der Waals surface area contributed by atoms with Gasteiger partial charge in [-0.05, 0) is 0 Å². The zero-order valence-electron chi connectivity index (χ0n) is 8.57. The Morgan fingerprint density at radius 3 is 1.36 bits per heavy atom. The molecule has 0 aromatic rings. The Kier molecular flexibility index (Phi) is 10.3. The van der Waals surface area contributed by atoms with E-state index in [0.29, 0.717) is 0 Å². The summed E-state index contributed by atoms with van der Waals surface area (Å²) in [4.78, 5) is 0. The Morgan fingerprint density at radius 2 is 1.18 bits per heavy atom. The molecule has 0 N–H and O–H groups in total. The van der Waals surface area contributed by atoms with E-state index < -0.39 is 0 Å². The second kappa shape index (κ2) is 7.74. The van der Waals surface area contributed by atoms with Gasteiger partial charge < -0.3 is 11.8 Å². The monoisotopic (exact) mass is 229 g/mol. The average molecular weight is 229 g/mol. The topological polar surface area (TPSA) is 0 Å². The minimum Gasteiger partial charge on any atom is -0.320 e. The van der Waals surface area contributed by atoms with Crippen LogP contribution in [-0.4, -0.2) is 0 Å². The van der Waals surface area contributed by atoms with Crippen molar-refractivity contribution < 1.29 is 32.7 Å². The quantitative estimate of drug-likeness (QED) is 0.646. The van der Waals surface area contributed by atoms with Gasteiger partial charge in [-0.25, -0.2) is 0 Å². The molecule has 0 aliphatic heterocycles. The smallest absolute Gasteiger partial charge is 0 e. The first-order valence-corrected chi connectivity index (χ1v) is 4.10. The first kappa shape index (κ1) is 14.6. The van der Waals surface area contributed by atoms with Crippen molar-refractivity contribution in [2.75, 3.05) is 0 Å². The molecule has 0 rings (SSSR count). The summed E-state index contributed by atoms with van der Waals surface area (Å²) in [5, 5.41) is 0. The zero-order chi connectivity index (χ0) is 8.15. The van der Waals surface area contributed by atoms with Crippen molar-refractivity contribution in [1.29, 1.82) is 0 Å². The summed E-state index contributed by atoms with van der Waals surface area (Å²) in [6.07, 6.45) is 2.57. The molecule has 0 aromatic carbocycles. The van der Waals surface area contributed by atoms with Crippen molar-refractivity contribution in [2.24, 2.45) is 5.92 Å². The van der Waals surface area contributed by atoms with Crippen LogP contribution in [-0.2, 0) is 32.7 Å². The maximum Gasteiger partial charge on any atom is 0 e. The van der Waals surface area contributed by atoms with Crippen LogP contribution in [0, 0.1) is 17.8 Å². The Bertz CT molecular complexity index is 66.9. The molecule has 0 spiro atoms. The van der Waals surface area contributed by atoms with Gasteiger partial charge in [-0.3, -0.25) is 0 Å². The molecular formula is C10H20Y-2. The minimum absolute atomic E-state index is 0. The molecule has 0 fully saturated rings. The molecule has 0 aliphatic carbocycles. The molecule has 0 aromatic heterocycles. The fourth-order valence-electron chi connectivity index (χ4n) is 1.47. The van der Waals surface area contributed by atoms with E-state index in [0.717, 1.165) is 5.92 Å². The SMILES string of the molecule is C[C-](C)CC(C)C[C-](C)C.[Y]. The van der Waals surface area contributed by atoms with Gasteiger partial charge in [0.05, 0.1) is 0 Å². The summed E-state index contributed by atoms with van der Waals surface area (Å²) in [5.74, 6) is 3.94. The molecule has 0 heterocycles. The van der Waals surface area contributed by atoms with Gasteiger partial charge in [0.2, 0.25) is 0 Å². The molecule has 0 saturated heterocycles. The molecule has 0 atom stereocenters. The van der Waals surface area contributed by atoms with E-state index in [4.69, 9.17) is 0 Å².